The Morgan fingerprint density at radius 2 is 2.15 bits per heavy atom. The number of ether oxygens (including phenoxy) is 1. The van der Waals surface area contributed by atoms with Crippen molar-refractivity contribution >= 4 is 5.82 Å². The third-order valence-electron chi connectivity index (χ3n) is 1.36. The summed E-state index contributed by atoms with van der Waals surface area (Å²) in [5, 5.41) is 0. The van der Waals surface area contributed by atoms with Crippen molar-refractivity contribution < 1.29 is 4.74 Å². The van der Waals surface area contributed by atoms with Gasteiger partial charge in [-0.25, -0.2) is 9.97 Å². The second-order valence-corrected chi connectivity index (χ2v) is 3.04. The summed E-state index contributed by atoms with van der Waals surface area (Å²) in [6, 6.07) is 0. The minimum absolute atomic E-state index is 0.353. The summed E-state index contributed by atoms with van der Waals surface area (Å²) >= 11 is 0. The van der Waals surface area contributed by atoms with Crippen LogP contribution in [-0.2, 0) is 0 Å². The summed E-state index contributed by atoms with van der Waals surface area (Å²) in [7, 11) is 0. The summed E-state index contributed by atoms with van der Waals surface area (Å²) in [6.45, 7) is 3.54. The molecule has 0 saturated carbocycles. The molecule has 0 amide bonds. The molecule has 4 nitrogen and oxygen atoms in total. The fourth-order valence-electron chi connectivity index (χ4n) is 0.670. The van der Waals surface area contributed by atoms with E-state index in [0.29, 0.717) is 11.7 Å². The summed E-state index contributed by atoms with van der Waals surface area (Å²) < 4.78 is 5.34. The van der Waals surface area contributed by atoms with Crippen molar-refractivity contribution in [3.8, 4) is 18.2 Å². The van der Waals surface area contributed by atoms with Crippen LogP contribution in [0, 0.1) is 12.3 Å². The van der Waals surface area contributed by atoms with Gasteiger partial charge in [-0.15, -0.1) is 6.42 Å². The molecule has 0 aromatic carbocycles. The van der Waals surface area contributed by atoms with Gasteiger partial charge >= 0.3 is 0 Å². The highest BCUT2D eigenvalue weighted by Crippen LogP contribution is 2.13. The van der Waals surface area contributed by atoms with Crippen LogP contribution in [0.4, 0.5) is 5.82 Å². The number of hydrogen-bond donors (Lipinski definition) is 1. The van der Waals surface area contributed by atoms with Gasteiger partial charge in [-0.1, -0.05) is 5.92 Å². The van der Waals surface area contributed by atoms with Crippen LogP contribution in [-0.4, -0.2) is 15.6 Å². The van der Waals surface area contributed by atoms with Crippen LogP contribution in [0.2, 0.25) is 0 Å². The first-order valence-electron chi connectivity index (χ1n) is 3.78. The Kier molecular flexibility index (Phi) is 2.38. The van der Waals surface area contributed by atoms with Gasteiger partial charge in [0, 0.05) is 0 Å². The number of anilines is 1. The normalized spacial score (nSPS) is 10.5. The van der Waals surface area contributed by atoms with Crippen LogP contribution in [0.15, 0.2) is 12.4 Å². The zero-order chi connectivity index (χ0) is 9.90. The average Bonchev–Trinajstić information content (AvgIpc) is 2.09. The van der Waals surface area contributed by atoms with E-state index in [9.17, 15) is 0 Å². The largest absolute Gasteiger partial charge is 0.457 e. The standard InChI is InChI=1S/C9H11N3O/c1-4-9(2,3)13-8-6-11-7(10)5-12-8/h1,5-6H,2-3H3,(H2,10,11). The van der Waals surface area contributed by atoms with E-state index in [4.69, 9.17) is 16.9 Å². The predicted octanol–water partition coefficient (Wildman–Crippen LogP) is 0.849. The molecular weight excluding hydrogens is 166 g/mol. The lowest BCUT2D eigenvalue weighted by Gasteiger charge is -2.18. The number of aromatic nitrogens is 2. The Hall–Kier alpha value is -1.76. The van der Waals surface area contributed by atoms with Gasteiger partial charge < -0.3 is 10.5 Å². The molecule has 0 aliphatic heterocycles. The fraction of sp³-hybridized carbons (Fsp3) is 0.333. The predicted molar refractivity (Wildman–Crippen MR) is 50.0 cm³/mol. The summed E-state index contributed by atoms with van der Waals surface area (Å²) in [6.07, 6.45) is 8.09. The number of nitrogens with zero attached hydrogens (tertiary/aromatic N) is 2. The van der Waals surface area contributed by atoms with Crippen LogP contribution in [0.3, 0.4) is 0 Å². The molecule has 0 saturated heterocycles. The number of rotatable bonds is 2. The zero-order valence-electron chi connectivity index (χ0n) is 7.61. The average molecular weight is 177 g/mol. The van der Waals surface area contributed by atoms with Crippen molar-refractivity contribution in [1.82, 2.24) is 9.97 Å². The van der Waals surface area contributed by atoms with Crippen LogP contribution in [0.5, 0.6) is 5.88 Å². The maximum Gasteiger partial charge on any atom is 0.233 e. The fourth-order valence-corrected chi connectivity index (χ4v) is 0.670. The van der Waals surface area contributed by atoms with Gasteiger partial charge in [0.15, 0.2) is 5.60 Å². The SMILES string of the molecule is C#CC(C)(C)Oc1cnc(N)cn1. The van der Waals surface area contributed by atoms with Crippen molar-refractivity contribution in [1.29, 1.82) is 0 Å². The van der Waals surface area contributed by atoms with E-state index in [1.54, 1.807) is 13.8 Å². The first kappa shape index (κ1) is 9.33. The number of nitrogens with two attached hydrogens (primary N) is 1. The Morgan fingerprint density at radius 3 is 2.62 bits per heavy atom. The minimum Gasteiger partial charge on any atom is -0.457 e. The highest BCUT2D eigenvalue weighted by Gasteiger charge is 2.16. The van der Waals surface area contributed by atoms with Crippen molar-refractivity contribution in [2.75, 3.05) is 5.73 Å². The summed E-state index contributed by atoms with van der Waals surface area (Å²) in [4.78, 5) is 7.73. The molecule has 1 rings (SSSR count). The second-order valence-electron chi connectivity index (χ2n) is 3.04. The summed E-state index contributed by atoms with van der Waals surface area (Å²) in [5.41, 5.74) is 4.68. The van der Waals surface area contributed by atoms with Gasteiger partial charge in [0.25, 0.3) is 0 Å². The van der Waals surface area contributed by atoms with Gasteiger partial charge in [-0.2, -0.15) is 0 Å². The van der Waals surface area contributed by atoms with Gasteiger partial charge in [0.2, 0.25) is 5.88 Å². The van der Waals surface area contributed by atoms with Crippen molar-refractivity contribution in [3.05, 3.63) is 12.4 Å². The van der Waals surface area contributed by atoms with E-state index >= 15 is 0 Å². The summed E-state index contributed by atoms with van der Waals surface area (Å²) in [5.74, 6) is 3.21. The van der Waals surface area contributed by atoms with Crippen molar-refractivity contribution in [3.63, 3.8) is 0 Å². The Morgan fingerprint density at radius 1 is 1.46 bits per heavy atom. The van der Waals surface area contributed by atoms with E-state index in [2.05, 4.69) is 15.9 Å². The van der Waals surface area contributed by atoms with Crippen molar-refractivity contribution in [2.45, 2.75) is 19.4 Å². The molecule has 0 bridgehead atoms. The van der Waals surface area contributed by atoms with Crippen LogP contribution in [0.1, 0.15) is 13.8 Å². The van der Waals surface area contributed by atoms with Gasteiger partial charge in [-0.05, 0) is 13.8 Å². The molecule has 0 aliphatic carbocycles. The molecule has 1 aromatic rings. The molecule has 0 unspecified atom stereocenters. The number of hydrogen-bond acceptors (Lipinski definition) is 4. The first-order valence-corrected chi connectivity index (χ1v) is 3.78. The molecule has 13 heavy (non-hydrogen) atoms. The lowest BCUT2D eigenvalue weighted by Crippen LogP contribution is -2.26. The lowest BCUT2D eigenvalue weighted by atomic mass is 10.1. The second kappa shape index (κ2) is 3.31. The Balaban J connectivity index is 2.77. The maximum atomic E-state index is 5.35. The van der Waals surface area contributed by atoms with Gasteiger partial charge in [0.05, 0.1) is 12.4 Å². The molecular formula is C9H11N3O. The molecule has 0 spiro atoms. The van der Waals surface area contributed by atoms with E-state index < -0.39 is 5.60 Å². The van der Waals surface area contributed by atoms with E-state index in [1.807, 2.05) is 0 Å². The molecule has 68 valence electrons. The Labute approximate surface area is 77.1 Å². The van der Waals surface area contributed by atoms with Gasteiger partial charge in [-0.3, -0.25) is 0 Å². The Bertz CT molecular complexity index is 324. The van der Waals surface area contributed by atoms with Crippen LogP contribution >= 0.6 is 0 Å². The van der Waals surface area contributed by atoms with Crippen molar-refractivity contribution in [2.24, 2.45) is 0 Å². The molecule has 0 fully saturated rings. The third kappa shape index (κ3) is 2.64. The molecule has 4 heteroatoms. The lowest BCUT2D eigenvalue weighted by molar-refractivity contribution is 0.164. The molecule has 0 aliphatic rings. The highest BCUT2D eigenvalue weighted by atomic mass is 16.5. The smallest absolute Gasteiger partial charge is 0.233 e. The molecule has 1 aromatic heterocycles. The van der Waals surface area contributed by atoms with Crippen LogP contribution in [0.25, 0.3) is 0 Å². The first-order chi connectivity index (χ1) is 6.03. The quantitative estimate of drug-likeness (QED) is 0.680. The topological polar surface area (TPSA) is 61.0 Å². The van der Waals surface area contributed by atoms with E-state index in [-0.39, 0.29) is 0 Å². The molecule has 1 heterocycles. The van der Waals surface area contributed by atoms with Crippen LogP contribution < -0.4 is 10.5 Å². The highest BCUT2D eigenvalue weighted by molar-refractivity contribution is 5.25. The molecule has 2 N–H and O–H groups in total. The van der Waals surface area contributed by atoms with E-state index in [1.165, 1.54) is 12.4 Å². The van der Waals surface area contributed by atoms with Gasteiger partial charge in [0.1, 0.15) is 5.82 Å². The molecule has 0 atom stereocenters. The minimum atomic E-state index is -0.676. The number of nitrogen functional groups attached to an aromatic ring is 1. The van der Waals surface area contributed by atoms with E-state index in [0.717, 1.165) is 0 Å². The monoisotopic (exact) mass is 177 g/mol. The number of terminal acetylenes is 1. The maximum absolute atomic E-state index is 5.35. The zero-order valence-corrected chi connectivity index (χ0v) is 7.61. The molecule has 0 radical (unpaired) electrons. The third-order valence-corrected chi connectivity index (χ3v) is 1.36.